The Hall–Kier alpha value is -1.40. The predicted octanol–water partition coefficient (Wildman–Crippen LogP) is 2.05. The van der Waals surface area contributed by atoms with E-state index in [1.165, 1.54) is 12.1 Å². The average molecular weight is 191 g/mol. The molecule has 0 N–H and O–H groups in total. The summed E-state index contributed by atoms with van der Waals surface area (Å²) in [4.78, 5) is 0. The van der Waals surface area contributed by atoms with Crippen molar-refractivity contribution in [1.82, 2.24) is 0 Å². The second kappa shape index (κ2) is 3.07. The minimum atomic E-state index is -0.368. The maximum atomic E-state index is 12.6. The van der Waals surface area contributed by atoms with Crippen LogP contribution >= 0.6 is 0 Å². The van der Waals surface area contributed by atoms with Crippen LogP contribution in [-0.2, 0) is 11.2 Å². The average Bonchev–Trinajstić information content (AvgIpc) is 2.81. The molecule has 2 unspecified atom stereocenters. The molecule has 0 radical (unpaired) electrons. The summed E-state index contributed by atoms with van der Waals surface area (Å²) in [5.41, 5.74) is 0.624. The van der Waals surface area contributed by atoms with Crippen LogP contribution in [0.1, 0.15) is 12.5 Å². The minimum absolute atomic E-state index is 0.243. The summed E-state index contributed by atoms with van der Waals surface area (Å²) in [7, 11) is 0. The second-order valence-electron chi connectivity index (χ2n) is 3.74. The molecular formula is C11H10FNO. The topological polar surface area (TPSA) is 36.3 Å². The van der Waals surface area contributed by atoms with E-state index in [4.69, 9.17) is 10.00 Å². The van der Waals surface area contributed by atoms with Crippen molar-refractivity contribution in [2.24, 2.45) is 0 Å². The Labute approximate surface area is 81.9 Å². The van der Waals surface area contributed by atoms with Crippen molar-refractivity contribution in [2.75, 3.05) is 0 Å². The van der Waals surface area contributed by atoms with E-state index in [1.54, 1.807) is 12.1 Å². The van der Waals surface area contributed by atoms with E-state index in [-0.39, 0.29) is 17.5 Å². The van der Waals surface area contributed by atoms with Crippen molar-refractivity contribution in [2.45, 2.75) is 25.0 Å². The minimum Gasteiger partial charge on any atom is -0.350 e. The molecule has 2 nitrogen and oxygen atoms in total. The van der Waals surface area contributed by atoms with Gasteiger partial charge in [0.25, 0.3) is 0 Å². The summed E-state index contributed by atoms with van der Waals surface area (Å²) < 4.78 is 17.8. The van der Waals surface area contributed by atoms with Crippen LogP contribution in [0.3, 0.4) is 0 Å². The van der Waals surface area contributed by atoms with E-state index in [2.05, 4.69) is 6.07 Å². The lowest BCUT2D eigenvalue weighted by atomic mass is 9.98. The molecule has 0 saturated carbocycles. The summed E-state index contributed by atoms with van der Waals surface area (Å²) in [5, 5.41) is 8.63. The number of nitrogens with zero attached hydrogens (tertiary/aromatic N) is 1. The fourth-order valence-corrected chi connectivity index (χ4v) is 1.54. The quantitative estimate of drug-likeness (QED) is 0.671. The highest BCUT2D eigenvalue weighted by Crippen LogP contribution is 2.38. The zero-order valence-corrected chi connectivity index (χ0v) is 7.83. The summed E-state index contributed by atoms with van der Waals surface area (Å²) in [6.07, 6.45) is 0.346. The van der Waals surface area contributed by atoms with Gasteiger partial charge in [0, 0.05) is 6.42 Å². The van der Waals surface area contributed by atoms with E-state index in [0.29, 0.717) is 6.42 Å². The van der Waals surface area contributed by atoms with Crippen LogP contribution in [0.15, 0.2) is 24.3 Å². The molecule has 72 valence electrons. The monoisotopic (exact) mass is 191 g/mol. The summed E-state index contributed by atoms with van der Waals surface area (Å²) in [5.74, 6) is -0.243. The number of ether oxygens (including phenoxy) is 1. The van der Waals surface area contributed by atoms with Gasteiger partial charge in [-0.25, -0.2) is 4.39 Å². The molecule has 3 heteroatoms. The zero-order chi connectivity index (χ0) is 10.2. The Morgan fingerprint density at radius 1 is 1.50 bits per heavy atom. The van der Waals surface area contributed by atoms with Gasteiger partial charge in [-0.2, -0.15) is 5.26 Å². The van der Waals surface area contributed by atoms with Crippen molar-refractivity contribution < 1.29 is 9.13 Å². The number of halogens is 1. The molecule has 2 rings (SSSR count). The van der Waals surface area contributed by atoms with Crippen LogP contribution < -0.4 is 0 Å². The number of hydrogen-bond acceptors (Lipinski definition) is 2. The lowest BCUT2D eigenvalue weighted by Gasteiger charge is -2.04. The van der Waals surface area contributed by atoms with Crippen LogP contribution in [0, 0.1) is 17.1 Å². The number of nitriles is 1. The predicted molar refractivity (Wildman–Crippen MR) is 49.0 cm³/mol. The molecule has 0 aromatic heterocycles. The third-order valence-electron chi connectivity index (χ3n) is 2.47. The Morgan fingerprint density at radius 3 is 2.64 bits per heavy atom. The highest BCUT2D eigenvalue weighted by molar-refractivity contribution is 5.23. The van der Waals surface area contributed by atoms with E-state index in [1.807, 2.05) is 6.92 Å². The molecule has 0 aliphatic carbocycles. The van der Waals surface area contributed by atoms with Crippen molar-refractivity contribution in [1.29, 1.82) is 5.26 Å². The Balaban J connectivity index is 2.06. The first-order valence-electron chi connectivity index (χ1n) is 4.46. The fraction of sp³-hybridized carbons (Fsp3) is 0.364. The summed E-state index contributed by atoms with van der Waals surface area (Å²) >= 11 is 0. The van der Waals surface area contributed by atoms with Gasteiger partial charge in [0.2, 0.25) is 0 Å². The molecule has 1 aromatic carbocycles. The highest BCUT2D eigenvalue weighted by atomic mass is 19.1. The Bertz CT molecular complexity index is 381. The van der Waals surface area contributed by atoms with Gasteiger partial charge >= 0.3 is 0 Å². The fourth-order valence-electron chi connectivity index (χ4n) is 1.54. The lowest BCUT2D eigenvalue weighted by Crippen LogP contribution is -2.12. The van der Waals surface area contributed by atoms with E-state index >= 15 is 0 Å². The van der Waals surface area contributed by atoms with Gasteiger partial charge < -0.3 is 4.74 Å². The van der Waals surface area contributed by atoms with Crippen molar-refractivity contribution in [3.8, 4) is 6.07 Å². The summed E-state index contributed by atoms with van der Waals surface area (Å²) in [6, 6.07) is 8.34. The molecule has 1 aliphatic rings. The van der Waals surface area contributed by atoms with Crippen LogP contribution in [-0.4, -0.2) is 11.7 Å². The van der Waals surface area contributed by atoms with Gasteiger partial charge in [-0.3, -0.25) is 0 Å². The van der Waals surface area contributed by atoms with E-state index in [0.717, 1.165) is 5.56 Å². The van der Waals surface area contributed by atoms with Crippen molar-refractivity contribution in [3.05, 3.63) is 35.6 Å². The zero-order valence-electron chi connectivity index (χ0n) is 7.83. The first-order chi connectivity index (χ1) is 6.64. The lowest BCUT2D eigenvalue weighted by molar-refractivity contribution is 0.315. The third kappa shape index (κ3) is 1.61. The maximum absolute atomic E-state index is 12.6. The molecule has 14 heavy (non-hydrogen) atoms. The van der Waals surface area contributed by atoms with Crippen LogP contribution in [0.5, 0.6) is 0 Å². The first-order valence-corrected chi connectivity index (χ1v) is 4.46. The molecule has 0 bridgehead atoms. The molecule has 1 fully saturated rings. The third-order valence-corrected chi connectivity index (χ3v) is 2.47. The molecule has 1 aliphatic heterocycles. The van der Waals surface area contributed by atoms with Crippen LogP contribution in [0.25, 0.3) is 0 Å². The molecule has 1 heterocycles. The van der Waals surface area contributed by atoms with E-state index in [9.17, 15) is 4.39 Å². The molecule has 1 saturated heterocycles. The first kappa shape index (κ1) is 9.17. The number of hydrogen-bond donors (Lipinski definition) is 0. The smallest absolute Gasteiger partial charge is 0.173 e. The van der Waals surface area contributed by atoms with Gasteiger partial charge in [0.15, 0.2) is 6.10 Å². The molecule has 2 atom stereocenters. The van der Waals surface area contributed by atoms with Gasteiger partial charge in [-0.15, -0.1) is 0 Å². The largest absolute Gasteiger partial charge is 0.350 e. The number of benzene rings is 1. The Kier molecular flexibility index (Phi) is 2.01. The SMILES string of the molecule is CC1(Cc2ccc(F)cc2)OC1C#N. The van der Waals surface area contributed by atoms with Crippen molar-refractivity contribution in [3.63, 3.8) is 0 Å². The van der Waals surface area contributed by atoms with Gasteiger partial charge in [0.1, 0.15) is 11.4 Å². The van der Waals surface area contributed by atoms with Gasteiger partial charge in [-0.1, -0.05) is 12.1 Å². The molecule has 0 spiro atoms. The van der Waals surface area contributed by atoms with Gasteiger partial charge in [-0.05, 0) is 24.6 Å². The normalized spacial score (nSPS) is 29.6. The summed E-state index contributed by atoms with van der Waals surface area (Å²) in [6.45, 7) is 1.89. The molecular weight excluding hydrogens is 181 g/mol. The Morgan fingerprint density at radius 2 is 2.14 bits per heavy atom. The molecule has 0 amide bonds. The van der Waals surface area contributed by atoms with E-state index < -0.39 is 0 Å². The molecule has 1 aromatic rings. The second-order valence-corrected chi connectivity index (χ2v) is 3.74. The highest BCUT2D eigenvalue weighted by Gasteiger charge is 2.52. The van der Waals surface area contributed by atoms with Gasteiger partial charge in [0.05, 0.1) is 6.07 Å². The van der Waals surface area contributed by atoms with Crippen molar-refractivity contribution >= 4 is 0 Å². The van der Waals surface area contributed by atoms with Crippen LogP contribution in [0.2, 0.25) is 0 Å². The number of epoxide rings is 1. The standard InChI is InChI=1S/C11H10FNO/c1-11(10(7-13)14-11)6-8-2-4-9(12)5-3-8/h2-5,10H,6H2,1H3. The van der Waals surface area contributed by atoms with Crippen LogP contribution in [0.4, 0.5) is 4.39 Å². The maximum Gasteiger partial charge on any atom is 0.173 e. The number of rotatable bonds is 2.